The minimum Gasteiger partial charge on any atom is -0.483 e. The lowest BCUT2D eigenvalue weighted by atomic mass is 10.3. The molecule has 1 amide bonds. The molecule has 0 radical (unpaired) electrons. The minimum absolute atomic E-state index is 0.117. The van der Waals surface area contributed by atoms with Crippen LogP contribution in [0, 0.1) is 0 Å². The Kier molecular flexibility index (Phi) is 4.87. The third kappa shape index (κ3) is 3.88. The number of halogens is 2. The highest BCUT2D eigenvalue weighted by molar-refractivity contribution is 9.10. The quantitative estimate of drug-likeness (QED) is 0.822. The van der Waals surface area contributed by atoms with Crippen molar-refractivity contribution >= 4 is 44.8 Å². The zero-order valence-corrected chi connectivity index (χ0v) is 12.7. The number of carbonyl (C=O) groups excluding carboxylic acids is 1. The van der Waals surface area contributed by atoms with E-state index in [9.17, 15) is 4.79 Å². The molecule has 104 valence electrons. The molecular weight excluding hydrogens is 344 g/mol. The number of benzene rings is 2. The molecule has 0 bridgehead atoms. The number of carbonyl (C=O) groups is 1. The van der Waals surface area contributed by atoms with Crippen molar-refractivity contribution in [1.82, 2.24) is 0 Å². The van der Waals surface area contributed by atoms with Crippen LogP contribution in [0.3, 0.4) is 0 Å². The number of nitrogens with two attached hydrogens (primary N) is 1. The van der Waals surface area contributed by atoms with Gasteiger partial charge in [0.15, 0.2) is 6.61 Å². The van der Waals surface area contributed by atoms with Crippen LogP contribution >= 0.6 is 27.5 Å². The van der Waals surface area contributed by atoms with Gasteiger partial charge in [0.25, 0.3) is 5.91 Å². The van der Waals surface area contributed by atoms with E-state index in [-0.39, 0.29) is 12.5 Å². The lowest BCUT2D eigenvalue weighted by molar-refractivity contribution is -0.118. The Morgan fingerprint density at radius 3 is 2.75 bits per heavy atom. The molecule has 4 nitrogen and oxygen atoms in total. The summed E-state index contributed by atoms with van der Waals surface area (Å²) in [5.41, 5.74) is 6.81. The van der Waals surface area contributed by atoms with Crippen LogP contribution in [0.4, 0.5) is 11.4 Å². The smallest absolute Gasteiger partial charge is 0.262 e. The fraction of sp³-hybridized carbons (Fsp3) is 0.0714. The molecule has 0 fully saturated rings. The maximum absolute atomic E-state index is 11.8. The fourth-order valence-electron chi connectivity index (χ4n) is 1.53. The molecule has 0 aromatic heterocycles. The van der Waals surface area contributed by atoms with E-state index in [0.29, 0.717) is 26.6 Å². The van der Waals surface area contributed by atoms with Crippen molar-refractivity contribution in [2.75, 3.05) is 17.7 Å². The van der Waals surface area contributed by atoms with Gasteiger partial charge < -0.3 is 15.8 Å². The Labute approximate surface area is 130 Å². The normalized spacial score (nSPS) is 10.1. The first kappa shape index (κ1) is 14.7. The van der Waals surface area contributed by atoms with E-state index in [1.54, 1.807) is 42.5 Å². The van der Waals surface area contributed by atoms with Gasteiger partial charge in [-0.1, -0.05) is 23.7 Å². The van der Waals surface area contributed by atoms with Gasteiger partial charge >= 0.3 is 0 Å². The molecule has 0 aliphatic rings. The van der Waals surface area contributed by atoms with Gasteiger partial charge in [0.2, 0.25) is 0 Å². The molecule has 2 rings (SSSR count). The molecule has 0 heterocycles. The van der Waals surface area contributed by atoms with Crippen LogP contribution in [0.1, 0.15) is 0 Å². The average molecular weight is 356 g/mol. The maximum atomic E-state index is 11.8. The van der Waals surface area contributed by atoms with Crippen molar-refractivity contribution < 1.29 is 9.53 Å². The Morgan fingerprint density at radius 2 is 2.05 bits per heavy atom. The Balaban J connectivity index is 1.94. The standard InChI is InChI=1S/C14H12BrClN2O2/c15-10-7-9(16)5-6-13(10)20-8-14(19)18-12-4-2-1-3-11(12)17/h1-7H,8,17H2,(H,18,19). The van der Waals surface area contributed by atoms with Gasteiger partial charge in [-0.3, -0.25) is 4.79 Å². The van der Waals surface area contributed by atoms with Crippen LogP contribution < -0.4 is 15.8 Å². The summed E-state index contributed by atoms with van der Waals surface area (Å²) < 4.78 is 6.10. The van der Waals surface area contributed by atoms with Gasteiger partial charge in [-0.05, 0) is 46.3 Å². The Hall–Kier alpha value is -1.72. The lowest BCUT2D eigenvalue weighted by Gasteiger charge is -2.10. The second kappa shape index (κ2) is 6.63. The van der Waals surface area contributed by atoms with Gasteiger partial charge in [-0.15, -0.1) is 0 Å². The highest BCUT2D eigenvalue weighted by Crippen LogP contribution is 2.28. The third-order valence-electron chi connectivity index (χ3n) is 2.49. The predicted molar refractivity (Wildman–Crippen MR) is 84.1 cm³/mol. The summed E-state index contributed by atoms with van der Waals surface area (Å²) in [7, 11) is 0. The highest BCUT2D eigenvalue weighted by atomic mass is 79.9. The highest BCUT2D eigenvalue weighted by Gasteiger charge is 2.07. The Morgan fingerprint density at radius 1 is 1.30 bits per heavy atom. The van der Waals surface area contributed by atoms with Crippen molar-refractivity contribution in [2.24, 2.45) is 0 Å². The molecule has 0 unspecified atom stereocenters. The zero-order valence-electron chi connectivity index (χ0n) is 10.4. The summed E-state index contributed by atoms with van der Waals surface area (Å²) in [4.78, 5) is 11.8. The molecule has 0 saturated heterocycles. The molecule has 2 aromatic carbocycles. The van der Waals surface area contributed by atoms with E-state index in [0.717, 1.165) is 0 Å². The summed E-state index contributed by atoms with van der Waals surface area (Å²) in [6.45, 7) is -0.117. The number of hydrogen-bond acceptors (Lipinski definition) is 3. The second-order valence-electron chi connectivity index (χ2n) is 4.00. The van der Waals surface area contributed by atoms with Crippen molar-refractivity contribution in [3.8, 4) is 5.75 Å². The number of amides is 1. The van der Waals surface area contributed by atoms with E-state index in [1.807, 2.05) is 0 Å². The van der Waals surface area contributed by atoms with Gasteiger partial charge in [0, 0.05) is 5.02 Å². The van der Waals surface area contributed by atoms with E-state index in [4.69, 9.17) is 22.1 Å². The zero-order chi connectivity index (χ0) is 14.5. The molecule has 0 spiro atoms. The summed E-state index contributed by atoms with van der Waals surface area (Å²) in [6.07, 6.45) is 0. The monoisotopic (exact) mass is 354 g/mol. The molecule has 2 aromatic rings. The average Bonchev–Trinajstić information content (AvgIpc) is 2.40. The maximum Gasteiger partial charge on any atom is 0.262 e. The van der Waals surface area contributed by atoms with Crippen LogP contribution in [0.15, 0.2) is 46.9 Å². The van der Waals surface area contributed by atoms with Crippen LogP contribution in [0.2, 0.25) is 5.02 Å². The number of nitrogen functional groups attached to an aromatic ring is 1. The number of nitrogens with one attached hydrogen (secondary N) is 1. The van der Waals surface area contributed by atoms with Gasteiger partial charge in [0.05, 0.1) is 15.8 Å². The number of rotatable bonds is 4. The number of ether oxygens (including phenoxy) is 1. The van der Waals surface area contributed by atoms with Crippen LogP contribution in [0.25, 0.3) is 0 Å². The molecule has 0 atom stereocenters. The molecule has 3 N–H and O–H groups in total. The summed E-state index contributed by atoms with van der Waals surface area (Å²) >= 11 is 9.14. The first-order valence-electron chi connectivity index (χ1n) is 5.78. The number of hydrogen-bond donors (Lipinski definition) is 2. The molecule has 6 heteroatoms. The molecule has 0 saturated carbocycles. The number of para-hydroxylation sites is 2. The van der Waals surface area contributed by atoms with Crippen molar-refractivity contribution in [2.45, 2.75) is 0 Å². The van der Waals surface area contributed by atoms with Gasteiger partial charge in [-0.25, -0.2) is 0 Å². The summed E-state index contributed by atoms with van der Waals surface area (Å²) in [6, 6.07) is 12.1. The van der Waals surface area contributed by atoms with Crippen LogP contribution in [0.5, 0.6) is 5.75 Å². The van der Waals surface area contributed by atoms with Crippen molar-refractivity contribution in [3.63, 3.8) is 0 Å². The Bertz CT molecular complexity index is 634. The molecule has 0 aliphatic heterocycles. The first-order valence-corrected chi connectivity index (χ1v) is 6.95. The van der Waals surface area contributed by atoms with E-state index >= 15 is 0 Å². The predicted octanol–water partition coefficient (Wildman–Crippen LogP) is 3.70. The molecular formula is C14H12BrClN2O2. The topological polar surface area (TPSA) is 64.3 Å². The van der Waals surface area contributed by atoms with Crippen LogP contribution in [-0.2, 0) is 4.79 Å². The van der Waals surface area contributed by atoms with E-state index in [2.05, 4.69) is 21.2 Å². The van der Waals surface area contributed by atoms with Crippen molar-refractivity contribution in [3.05, 3.63) is 52.0 Å². The fourth-order valence-corrected chi connectivity index (χ4v) is 2.33. The van der Waals surface area contributed by atoms with Crippen molar-refractivity contribution in [1.29, 1.82) is 0 Å². The molecule has 20 heavy (non-hydrogen) atoms. The lowest BCUT2D eigenvalue weighted by Crippen LogP contribution is -2.20. The first-order chi connectivity index (χ1) is 9.56. The SMILES string of the molecule is Nc1ccccc1NC(=O)COc1ccc(Cl)cc1Br. The van der Waals surface area contributed by atoms with Crippen LogP contribution in [-0.4, -0.2) is 12.5 Å². The summed E-state index contributed by atoms with van der Waals surface area (Å²) in [5.74, 6) is 0.260. The number of anilines is 2. The summed E-state index contributed by atoms with van der Waals surface area (Å²) in [5, 5.41) is 3.27. The minimum atomic E-state index is -0.287. The van der Waals surface area contributed by atoms with E-state index in [1.165, 1.54) is 0 Å². The third-order valence-corrected chi connectivity index (χ3v) is 3.34. The van der Waals surface area contributed by atoms with Gasteiger partial charge in [0.1, 0.15) is 5.75 Å². The van der Waals surface area contributed by atoms with E-state index < -0.39 is 0 Å². The molecule has 0 aliphatic carbocycles. The second-order valence-corrected chi connectivity index (χ2v) is 5.29. The van der Waals surface area contributed by atoms with Gasteiger partial charge in [-0.2, -0.15) is 0 Å². The largest absolute Gasteiger partial charge is 0.483 e.